The zero-order valence-electron chi connectivity index (χ0n) is 18.5. The van der Waals surface area contributed by atoms with Crippen molar-refractivity contribution >= 4 is 22.6 Å². The minimum Gasteiger partial charge on any atom is -0.493 e. The molecule has 1 saturated heterocycles. The fraction of sp³-hybridized carbons (Fsp3) is 0.280. The summed E-state index contributed by atoms with van der Waals surface area (Å²) < 4.78 is 11.2. The molecule has 0 saturated carbocycles. The van der Waals surface area contributed by atoms with Gasteiger partial charge in [0.2, 0.25) is 5.91 Å². The lowest BCUT2D eigenvalue weighted by molar-refractivity contribution is -0.130. The molecule has 1 aromatic heterocycles. The van der Waals surface area contributed by atoms with Crippen molar-refractivity contribution < 1.29 is 14.3 Å². The highest BCUT2D eigenvalue weighted by atomic mass is 16.5. The van der Waals surface area contributed by atoms with E-state index in [9.17, 15) is 4.79 Å². The Balaban J connectivity index is 1.46. The van der Waals surface area contributed by atoms with Crippen LogP contribution in [0, 0.1) is 11.3 Å². The number of hydrogen-bond donors (Lipinski definition) is 0. The van der Waals surface area contributed by atoms with Crippen LogP contribution >= 0.6 is 0 Å². The maximum Gasteiger partial charge on any atom is 0.227 e. The quantitative estimate of drug-likeness (QED) is 0.519. The number of anilines is 1. The predicted molar refractivity (Wildman–Crippen MR) is 125 cm³/mol. The molecule has 0 radical (unpaired) electrons. The maximum atomic E-state index is 12.8. The Bertz CT molecular complexity index is 1200. The third kappa shape index (κ3) is 4.88. The smallest absolute Gasteiger partial charge is 0.227 e. The van der Waals surface area contributed by atoms with Crippen LogP contribution in [0.3, 0.4) is 0 Å². The van der Waals surface area contributed by atoms with Gasteiger partial charge in [-0.3, -0.25) is 4.79 Å². The second-order valence-electron chi connectivity index (χ2n) is 7.67. The maximum absolute atomic E-state index is 12.8. The first-order valence-electron chi connectivity index (χ1n) is 10.7. The van der Waals surface area contributed by atoms with Crippen molar-refractivity contribution in [1.29, 1.82) is 5.26 Å². The van der Waals surface area contributed by atoms with Gasteiger partial charge < -0.3 is 19.3 Å². The van der Waals surface area contributed by atoms with Gasteiger partial charge in [-0.25, -0.2) is 9.97 Å². The molecule has 3 aromatic rings. The molecule has 8 heteroatoms. The summed E-state index contributed by atoms with van der Waals surface area (Å²) in [6, 6.07) is 13.0. The minimum atomic E-state index is 0.0811. The van der Waals surface area contributed by atoms with E-state index in [4.69, 9.17) is 14.7 Å². The molecule has 0 spiro atoms. The Morgan fingerprint density at radius 3 is 2.58 bits per heavy atom. The Kier molecular flexibility index (Phi) is 6.69. The minimum absolute atomic E-state index is 0.0811. The van der Waals surface area contributed by atoms with Crippen molar-refractivity contribution in [3.8, 4) is 17.6 Å². The molecule has 0 bridgehead atoms. The first kappa shape index (κ1) is 22.1. The Hall–Kier alpha value is -4.12. The molecule has 2 heterocycles. The molecule has 0 N–H and O–H groups in total. The summed E-state index contributed by atoms with van der Waals surface area (Å²) in [5, 5.41) is 9.79. The molecular formula is C25H25N5O3. The fourth-order valence-corrected chi connectivity index (χ4v) is 3.87. The molecule has 0 atom stereocenters. The van der Waals surface area contributed by atoms with Crippen LogP contribution in [0.25, 0.3) is 10.9 Å². The number of carbonyl (C=O) groups excluding carboxylic acids is 1. The molecule has 1 aliphatic heterocycles. The zero-order chi connectivity index (χ0) is 23.2. The highest BCUT2D eigenvalue weighted by Gasteiger charge is 2.24. The number of methoxy groups -OCH3 is 1. The number of fused-ring (bicyclic) bond motifs is 1. The van der Waals surface area contributed by atoms with Crippen LogP contribution < -0.4 is 14.4 Å². The number of rotatable bonds is 7. The van der Waals surface area contributed by atoms with Crippen LogP contribution in [-0.4, -0.2) is 60.7 Å². The van der Waals surface area contributed by atoms with Crippen LogP contribution in [0.15, 0.2) is 55.4 Å². The van der Waals surface area contributed by atoms with Crippen LogP contribution in [-0.2, 0) is 11.2 Å². The average molecular weight is 444 g/mol. The van der Waals surface area contributed by atoms with Gasteiger partial charge >= 0.3 is 0 Å². The number of carbonyl (C=O) groups is 1. The van der Waals surface area contributed by atoms with E-state index >= 15 is 0 Å². The van der Waals surface area contributed by atoms with Gasteiger partial charge in [-0.05, 0) is 23.8 Å². The number of piperazine rings is 1. The molecule has 168 valence electrons. The molecule has 4 rings (SSSR count). The van der Waals surface area contributed by atoms with Gasteiger partial charge in [0.25, 0.3) is 0 Å². The van der Waals surface area contributed by atoms with Gasteiger partial charge in [-0.2, -0.15) is 5.26 Å². The van der Waals surface area contributed by atoms with E-state index in [1.165, 1.54) is 0 Å². The van der Waals surface area contributed by atoms with Crippen molar-refractivity contribution in [2.75, 3.05) is 44.8 Å². The Morgan fingerprint density at radius 1 is 1.15 bits per heavy atom. The van der Waals surface area contributed by atoms with Crippen molar-refractivity contribution in [2.24, 2.45) is 0 Å². The summed E-state index contributed by atoms with van der Waals surface area (Å²) in [7, 11) is 1.60. The fourth-order valence-electron chi connectivity index (χ4n) is 3.87. The van der Waals surface area contributed by atoms with Crippen molar-refractivity contribution in [3.63, 3.8) is 0 Å². The topological polar surface area (TPSA) is 91.6 Å². The third-order valence-electron chi connectivity index (χ3n) is 5.63. The monoisotopic (exact) mass is 443 g/mol. The van der Waals surface area contributed by atoms with Crippen LogP contribution in [0.2, 0.25) is 0 Å². The molecule has 2 aromatic carbocycles. The lowest BCUT2D eigenvalue weighted by Gasteiger charge is -2.36. The zero-order valence-corrected chi connectivity index (χ0v) is 18.5. The number of amides is 1. The summed E-state index contributed by atoms with van der Waals surface area (Å²) in [5.41, 5.74) is 2.26. The van der Waals surface area contributed by atoms with Gasteiger partial charge in [0.1, 0.15) is 18.8 Å². The largest absolute Gasteiger partial charge is 0.493 e. The number of hydrogen-bond acceptors (Lipinski definition) is 7. The molecule has 0 unspecified atom stereocenters. The second-order valence-corrected chi connectivity index (χ2v) is 7.67. The highest BCUT2D eigenvalue weighted by Crippen LogP contribution is 2.35. The van der Waals surface area contributed by atoms with E-state index in [1.807, 2.05) is 29.2 Å². The van der Waals surface area contributed by atoms with E-state index in [0.717, 1.165) is 22.3 Å². The van der Waals surface area contributed by atoms with E-state index in [0.29, 0.717) is 56.3 Å². The van der Waals surface area contributed by atoms with Crippen molar-refractivity contribution in [3.05, 3.63) is 66.5 Å². The van der Waals surface area contributed by atoms with Gasteiger partial charge in [0.15, 0.2) is 11.5 Å². The first-order valence-corrected chi connectivity index (χ1v) is 10.7. The number of benzene rings is 2. The van der Waals surface area contributed by atoms with Crippen LogP contribution in [0.1, 0.15) is 11.1 Å². The first-order chi connectivity index (χ1) is 16.1. The lowest BCUT2D eigenvalue weighted by atomic mass is 10.1. The van der Waals surface area contributed by atoms with Gasteiger partial charge in [-0.1, -0.05) is 24.8 Å². The van der Waals surface area contributed by atoms with Crippen molar-refractivity contribution in [2.45, 2.75) is 6.42 Å². The number of nitrogens with zero attached hydrogens (tertiary/aromatic N) is 5. The Morgan fingerprint density at radius 2 is 1.91 bits per heavy atom. The second kappa shape index (κ2) is 10.0. The molecule has 1 amide bonds. The average Bonchev–Trinajstić information content (AvgIpc) is 2.87. The normalized spacial score (nSPS) is 13.5. The van der Waals surface area contributed by atoms with Crippen LogP contribution in [0.4, 0.5) is 5.82 Å². The molecule has 0 aliphatic carbocycles. The summed E-state index contributed by atoms with van der Waals surface area (Å²) in [4.78, 5) is 25.7. The molecule has 8 nitrogen and oxygen atoms in total. The Labute approximate surface area is 192 Å². The van der Waals surface area contributed by atoms with Gasteiger partial charge in [0, 0.05) is 37.6 Å². The van der Waals surface area contributed by atoms with Crippen molar-refractivity contribution in [1.82, 2.24) is 14.9 Å². The summed E-state index contributed by atoms with van der Waals surface area (Å²) in [6.45, 7) is 6.61. The van der Waals surface area contributed by atoms with E-state index < -0.39 is 0 Å². The highest BCUT2D eigenvalue weighted by molar-refractivity contribution is 5.92. The van der Waals surface area contributed by atoms with E-state index in [-0.39, 0.29) is 5.91 Å². The molecular weight excluding hydrogens is 418 g/mol. The van der Waals surface area contributed by atoms with E-state index in [1.54, 1.807) is 31.6 Å². The van der Waals surface area contributed by atoms with Crippen LogP contribution in [0.5, 0.6) is 11.5 Å². The van der Waals surface area contributed by atoms with E-state index in [2.05, 4.69) is 27.5 Å². The standard InChI is InChI=1S/C25H25N5O3/c1-3-12-33-23-15-21-20(14-22(23)32-2)25(28-17-27-21)30-10-8-29(9-11-30)24(31)13-18-4-6-19(16-26)7-5-18/h3-7,14-15,17H,1,8-13H2,2H3. The predicted octanol–water partition coefficient (Wildman–Crippen LogP) is 2.97. The lowest BCUT2D eigenvalue weighted by Crippen LogP contribution is -2.49. The number of aromatic nitrogens is 2. The molecule has 1 aliphatic rings. The molecule has 1 fully saturated rings. The third-order valence-corrected chi connectivity index (χ3v) is 5.63. The number of nitriles is 1. The van der Waals surface area contributed by atoms with Gasteiger partial charge in [-0.15, -0.1) is 0 Å². The SMILES string of the molecule is C=CCOc1cc2ncnc(N3CCN(C(=O)Cc4ccc(C#N)cc4)CC3)c2cc1OC. The summed E-state index contributed by atoms with van der Waals surface area (Å²) in [6.07, 6.45) is 3.55. The number of ether oxygens (including phenoxy) is 2. The summed E-state index contributed by atoms with van der Waals surface area (Å²) >= 11 is 0. The molecule has 33 heavy (non-hydrogen) atoms. The van der Waals surface area contributed by atoms with Gasteiger partial charge in [0.05, 0.1) is 30.7 Å². The summed E-state index contributed by atoms with van der Waals surface area (Å²) in [5.74, 6) is 2.11.